The van der Waals surface area contributed by atoms with Crippen LogP contribution < -0.4 is 14.2 Å². The van der Waals surface area contributed by atoms with Gasteiger partial charge in [0.05, 0.1) is 27.2 Å². The van der Waals surface area contributed by atoms with E-state index in [9.17, 15) is 4.79 Å². The van der Waals surface area contributed by atoms with E-state index >= 15 is 0 Å². The van der Waals surface area contributed by atoms with Crippen molar-refractivity contribution in [2.24, 2.45) is 0 Å². The molecule has 3 aromatic rings. The van der Waals surface area contributed by atoms with Gasteiger partial charge in [0.2, 0.25) is 17.6 Å². The Morgan fingerprint density at radius 1 is 1.00 bits per heavy atom. The van der Waals surface area contributed by atoms with Gasteiger partial charge in [-0.15, -0.1) is 0 Å². The monoisotopic (exact) mass is 409 g/mol. The minimum Gasteiger partial charge on any atom is -0.497 e. The SMILES string of the molecule is COc1ccc(CN2CC(c3nc(-c4cc(OC)cc(OC)c4)no3)CC2=O)cc1. The Morgan fingerprint density at radius 3 is 2.30 bits per heavy atom. The topological polar surface area (TPSA) is 86.9 Å². The number of ether oxygens (including phenoxy) is 3. The Morgan fingerprint density at radius 2 is 1.67 bits per heavy atom. The molecule has 0 radical (unpaired) electrons. The van der Waals surface area contributed by atoms with Crippen molar-refractivity contribution < 1.29 is 23.5 Å². The lowest BCUT2D eigenvalue weighted by Crippen LogP contribution is -2.24. The molecule has 0 spiro atoms. The maximum absolute atomic E-state index is 12.5. The number of nitrogens with zero attached hydrogens (tertiary/aromatic N) is 3. The second kappa shape index (κ2) is 8.44. The van der Waals surface area contributed by atoms with E-state index in [0.717, 1.165) is 16.9 Å². The van der Waals surface area contributed by atoms with Crippen LogP contribution in [0.2, 0.25) is 0 Å². The van der Waals surface area contributed by atoms with Crippen molar-refractivity contribution in [3.05, 3.63) is 53.9 Å². The van der Waals surface area contributed by atoms with Gasteiger partial charge in [0, 0.05) is 31.1 Å². The summed E-state index contributed by atoms with van der Waals surface area (Å²) in [6.07, 6.45) is 0.346. The molecule has 1 atom stereocenters. The zero-order chi connectivity index (χ0) is 21.1. The number of benzene rings is 2. The average Bonchev–Trinajstić information content (AvgIpc) is 3.41. The van der Waals surface area contributed by atoms with Crippen LogP contribution >= 0.6 is 0 Å². The van der Waals surface area contributed by atoms with E-state index in [-0.39, 0.29) is 11.8 Å². The standard InChI is InChI=1S/C22H23N3O5/c1-27-17-6-4-14(5-7-17)12-25-13-16(10-20(25)26)22-23-21(24-30-22)15-8-18(28-2)11-19(9-15)29-3/h4-9,11,16H,10,12-13H2,1-3H3. The molecule has 4 rings (SSSR count). The van der Waals surface area contributed by atoms with Gasteiger partial charge in [-0.05, 0) is 29.8 Å². The minimum absolute atomic E-state index is 0.0682. The molecular formula is C22H23N3O5. The summed E-state index contributed by atoms with van der Waals surface area (Å²) < 4.78 is 21.3. The molecule has 1 amide bonds. The Labute approximate surface area is 174 Å². The highest BCUT2D eigenvalue weighted by Gasteiger charge is 2.34. The summed E-state index contributed by atoms with van der Waals surface area (Å²) in [5, 5.41) is 4.09. The highest BCUT2D eigenvalue weighted by Crippen LogP contribution is 2.32. The molecule has 2 aromatic carbocycles. The number of carbonyl (C=O) groups is 1. The Hall–Kier alpha value is -3.55. The molecule has 8 nitrogen and oxygen atoms in total. The highest BCUT2D eigenvalue weighted by atomic mass is 16.5. The third-order valence-corrected chi connectivity index (χ3v) is 5.15. The van der Waals surface area contributed by atoms with E-state index in [0.29, 0.717) is 42.7 Å². The molecule has 0 aliphatic carbocycles. The summed E-state index contributed by atoms with van der Waals surface area (Å²) in [6.45, 7) is 1.07. The van der Waals surface area contributed by atoms with Crippen molar-refractivity contribution in [3.8, 4) is 28.6 Å². The first-order valence-electron chi connectivity index (χ1n) is 9.57. The zero-order valence-electron chi connectivity index (χ0n) is 17.1. The molecule has 156 valence electrons. The van der Waals surface area contributed by atoms with Gasteiger partial charge in [-0.25, -0.2) is 0 Å². The van der Waals surface area contributed by atoms with Crippen molar-refractivity contribution in [1.82, 2.24) is 15.0 Å². The molecular weight excluding hydrogens is 386 g/mol. The van der Waals surface area contributed by atoms with Crippen LogP contribution in [0, 0.1) is 0 Å². The first kappa shape index (κ1) is 19.8. The van der Waals surface area contributed by atoms with Crippen LogP contribution in [-0.2, 0) is 11.3 Å². The van der Waals surface area contributed by atoms with E-state index in [2.05, 4.69) is 10.1 Å². The molecule has 0 N–H and O–H groups in total. The summed E-state index contributed by atoms with van der Waals surface area (Å²) in [5.74, 6) is 2.88. The number of rotatable bonds is 7. The first-order chi connectivity index (χ1) is 14.6. The predicted molar refractivity (Wildman–Crippen MR) is 109 cm³/mol. The Bertz CT molecular complexity index is 1010. The molecule has 1 fully saturated rings. The lowest BCUT2D eigenvalue weighted by atomic mass is 10.1. The fraction of sp³-hybridized carbons (Fsp3) is 0.318. The van der Waals surface area contributed by atoms with Gasteiger partial charge in [-0.1, -0.05) is 17.3 Å². The summed E-state index contributed by atoms with van der Waals surface area (Å²) in [5.41, 5.74) is 1.76. The molecule has 1 unspecified atom stereocenters. The number of aromatic nitrogens is 2. The Balaban J connectivity index is 1.48. The number of carbonyl (C=O) groups excluding carboxylic acids is 1. The average molecular weight is 409 g/mol. The van der Waals surface area contributed by atoms with Crippen molar-refractivity contribution in [2.75, 3.05) is 27.9 Å². The van der Waals surface area contributed by atoms with Crippen LogP contribution in [0.5, 0.6) is 17.2 Å². The van der Waals surface area contributed by atoms with Crippen LogP contribution in [0.3, 0.4) is 0 Å². The fourth-order valence-corrected chi connectivity index (χ4v) is 3.50. The van der Waals surface area contributed by atoms with Crippen molar-refractivity contribution >= 4 is 5.91 Å². The van der Waals surface area contributed by atoms with Crippen molar-refractivity contribution in [2.45, 2.75) is 18.9 Å². The van der Waals surface area contributed by atoms with E-state index < -0.39 is 0 Å². The zero-order valence-corrected chi connectivity index (χ0v) is 17.1. The Kier molecular flexibility index (Phi) is 5.56. The van der Waals surface area contributed by atoms with E-state index in [1.807, 2.05) is 41.3 Å². The number of likely N-dealkylation sites (tertiary alicyclic amines) is 1. The number of hydrogen-bond donors (Lipinski definition) is 0. The van der Waals surface area contributed by atoms with Gasteiger partial charge in [0.25, 0.3) is 0 Å². The second-order valence-electron chi connectivity index (χ2n) is 7.08. The lowest BCUT2D eigenvalue weighted by Gasteiger charge is -2.16. The van der Waals surface area contributed by atoms with Crippen LogP contribution in [0.25, 0.3) is 11.4 Å². The number of amides is 1. The molecule has 8 heteroatoms. The molecule has 0 saturated carbocycles. The summed E-state index contributed by atoms with van der Waals surface area (Å²) >= 11 is 0. The van der Waals surface area contributed by atoms with Crippen molar-refractivity contribution in [3.63, 3.8) is 0 Å². The highest BCUT2D eigenvalue weighted by molar-refractivity contribution is 5.79. The van der Waals surface area contributed by atoms with Gasteiger partial charge in [0.15, 0.2) is 0 Å². The van der Waals surface area contributed by atoms with Crippen LogP contribution in [0.4, 0.5) is 0 Å². The van der Waals surface area contributed by atoms with Gasteiger partial charge in [-0.3, -0.25) is 4.79 Å². The summed E-state index contributed by atoms with van der Waals surface area (Å²) in [4.78, 5) is 18.8. The smallest absolute Gasteiger partial charge is 0.232 e. The molecule has 1 saturated heterocycles. The van der Waals surface area contributed by atoms with Gasteiger partial charge >= 0.3 is 0 Å². The largest absolute Gasteiger partial charge is 0.497 e. The summed E-state index contributed by atoms with van der Waals surface area (Å²) in [7, 11) is 4.80. The van der Waals surface area contributed by atoms with E-state index in [4.69, 9.17) is 18.7 Å². The molecule has 30 heavy (non-hydrogen) atoms. The third-order valence-electron chi connectivity index (χ3n) is 5.15. The molecule has 2 heterocycles. The van der Waals surface area contributed by atoms with E-state index in [1.54, 1.807) is 27.4 Å². The van der Waals surface area contributed by atoms with E-state index in [1.165, 1.54) is 0 Å². The fourth-order valence-electron chi connectivity index (χ4n) is 3.50. The van der Waals surface area contributed by atoms with Crippen LogP contribution in [0.15, 0.2) is 47.0 Å². The lowest BCUT2D eigenvalue weighted by molar-refractivity contribution is -0.128. The van der Waals surface area contributed by atoms with Gasteiger partial charge in [-0.2, -0.15) is 4.98 Å². The van der Waals surface area contributed by atoms with Gasteiger partial charge in [0.1, 0.15) is 17.2 Å². The molecule has 1 aliphatic heterocycles. The van der Waals surface area contributed by atoms with Crippen LogP contribution in [-0.4, -0.2) is 48.8 Å². The van der Waals surface area contributed by atoms with Crippen molar-refractivity contribution in [1.29, 1.82) is 0 Å². The molecule has 0 bridgehead atoms. The van der Waals surface area contributed by atoms with Gasteiger partial charge < -0.3 is 23.6 Å². The minimum atomic E-state index is -0.135. The quantitative estimate of drug-likeness (QED) is 0.592. The summed E-state index contributed by atoms with van der Waals surface area (Å²) in [6, 6.07) is 13.1. The number of methoxy groups -OCH3 is 3. The second-order valence-corrected chi connectivity index (χ2v) is 7.08. The maximum Gasteiger partial charge on any atom is 0.232 e. The first-order valence-corrected chi connectivity index (χ1v) is 9.57. The molecule has 1 aromatic heterocycles. The third kappa shape index (κ3) is 4.07. The normalized spacial score (nSPS) is 16.0. The van der Waals surface area contributed by atoms with Crippen LogP contribution in [0.1, 0.15) is 23.8 Å². The maximum atomic E-state index is 12.5. The molecule has 1 aliphatic rings. The number of hydrogen-bond acceptors (Lipinski definition) is 7. The predicted octanol–water partition coefficient (Wildman–Crippen LogP) is 3.28.